The van der Waals surface area contributed by atoms with E-state index in [2.05, 4.69) is 11.3 Å². The highest BCUT2D eigenvalue weighted by Gasteiger charge is 2.17. The molecular formula is C17H18ClNO3S. The number of halogens is 1. The van der Waals surface area contributed by atoms with E-state index >= 15 is 0 Å². The molecule has 0 heterocycles. The Balaban J connectivity index is 2.39. The molecule has 0 saturated heterocycles. The third-order valence-corrected chi connectivity index (χ3v) is 4.98. The van der Waals surface area contributed by atoms with Crippen molar-refractivity contribution < 1.29 is 13.2 Å². The predicted octanol–water partition coefficient (Wildman–Crippen LogP) is 4.32. The van der Waals surface area contributed by atoms with Crippen molar-refractivity contribution in [3.8, 4) is 5.75 Å². The maximum absolute atomic E-state index is 12.5. The Morgan fingerprint density at radius 3 is 2.48 bits per heavy atom. The van der Waals surface area contributed by atoms with Gasteiger partial charge in [0, 0.05) is 5.02 Å². The Bertz CT molecular complexity index is 814. The van der Waals surface area contributed by atoms with Gasteiger partial charge >= 0.3 is 0 Å². The SMILES string of the molecule is C=CCOc1cc(C)c(Cl)cc1NS(=O)(=O)c1ccc(C)cc1. The van der Waals surface area contributed by atoms with Crippen molar-refractivity contribution in [3.05, 3.63) is 65.2 Å². The van der Waals surface area contributed by atoms with Crippen molar-refractivity contribution in [1.29, 1.82) is 0 Å². The number of nitrogens with one attached hydrogen (secondary N) is 1. The maximum Gasteiger partial charge on any atom is 0.262 e. The van der Waals surface area contributed by atoms with Gasteiger partial charge in [0.2, 0.25) is 0 Å². The molecule has 23 heavy (non-hydrogen) atoms. The van der Waals surface area contributed by atoms with Crippen molar-refractivity contribution in [3.63, 3.8) is 0 Å². The number of hydrogen-bond acceptors (Lipinski definition) is 3. The van der Waals surface area contributed by atoms with Crippen LogP contribution in [0.5, 0.6) is 5.75 Å². The summed E-state index contributed by atoms with van der Waals surface area (Å²) in [6, 6.07) is 9.83. The topological polar surface area (TPSA) is 55.4 Å². The Kier molecular flexibility index (Phi) is 5.34. The van der Waals surface area contributed by atoms with E-state index in [4.69, 9.17) is 16.3 Å². The highest BCUT2D eigenvalue weighted by atomic mass is 35.5. The lowest BCUT2D eigenvalue weighted by Crippen LogP contribution is -2.14. The minimum atomic E-state index is -3.72. The smallest absolute Gasteiger partial charge is 0.262 e. The molecule has 0 bridgehead atoms. The standard InChI is InChI=1S/C17H18ClNO3S/c1-4-9-22-17-10-13(3)15(18)11-16(17)19-23(20,21)14-7-5-12(2)6-8-14/h4-8,10-11,19H,1,9H2,2-3H3. The van der Waals surface area contributed by atoms with Gasteiger partial charge in [-0.3, -0.25) is 4.72 Å². The monoisotopic (exact) mass is 351 g/mol. The highest BCUT2D eigenvalue weighted by molar-refractivity contribution is 7.92. The molecule has 0 radical (unpaired) electrons. The molecule has 0 aliphatic carbocycles. The van der Waals surface area contributed by atoms with Crippen molar-refractivity contribution in [2.24, 2.45) is 0 Å². The van der Waals surface area contributed by atoms with E-state index < -0.39 is 10.0 Å². The first-order valence-electron chi connectivity index (χ1n) is 6.97. The minimum Gasteiger partial charge on any atom is -0.487 e. The van der Waals surface area contributed by atoms with Gasteiger partial charge in [0.05, 0.1) is 10.6 Å². The van der Waals surface area contributed by atoms with E-state index in [1.807, 2.05) is 13.8 Å². The number of hydrogen-bond donors (Lipinski definition) is 1. The summed E-state index contributed by atoms with van der Waals surface area (Å²) < 4.78 is 33.1. The molecular weight excluding hydrogens is 334 g/mol. The molecule has 0 fully saturated rings. The van der Waals surface area contributed by atoms with Crippen LogP contribution in [0.4, 0.5) is 5.69 Å². The van der Waals surface area contributed by atoms with Gasteiger partial charge in [-0.05, 0) is 43.7 Å². The Morgan fingerprint density at radius 2 is 1.87 bits per heavy atom. The minimum absolute atomic E-state index is 0.175. The van der Waals surface area contributed by atoms with Gasteiger partial charge in [0.1, 0.15) is 12.4 Å². The van der Waals surface area contributed by atoms with Crippen molar-refractivity contribution in [2.75, 3.05) is 11.3 Å². The number of benzene rings is 2. The van der Waals surface area contributed by atoms with Crippen molar-refractivity contribution in [1.82, 2.24) is 0 Å². The summed E-state index contributed by atoms with van der Waals surface area (Å²) in [5.74, 6) is 0.405. The van der Waals surface area contributed by atoms with Crippen molar-refractivity contribution in [2.45, 2.75) is 18.7 Å². The molecule has 2 aromatic carbocycles. The summed E-state index contributed by atoms with van der Waals surface area (Å²) in [5, 5.41) is 0.456. The molecule has 6 heteroatoms. The largest absolute Gasteiger partial charge is 0.487 e. The van der Waals surface area contributed by atoms with Gasteiger partial charge in [0.25, 0.3) is 10.0 Å². The summed E-state index contributed by atoms with van der Waals surface area (Å²) in [6.45, 7) is 7.56. The predicted molar refractivity (Wildman–Crippen MR) is 93.9 cm³/mol. The maximum atomic E-state index is 12.5. The van der Waals surface area contributed by atoms with Crippen LogP contribution in [0.15, 0.2) is 53.9 Å². The molecule has 0 aliphatic heterocycles. The highest BCUT2D eigenvalue weighted by Crippen LogP contribution is 2.32. The zero-order valence-corrected chi connectivity index (χ0v) is 14.5. The number of aryl methyl sites for hydroxylation is 2. The fourth-order valence-electron chi connectivity index (χ4n) is 1.92. The van der Waals surface area contributed by atoms with Gasteiger partial charge < -0.3 is 4.74 Å². The van der Waals surface area contributed by atoms with Crippen LogP contribution in [0.3, 0.4) is 0 Å². The Morgan fingerprint density at radius 1 is 1.22 bits per heavy atom. The van der Waals surface area contributed by atoms with Crippen LogP contribution < -0.4 is 9.46 Å². The summed E-state index contributed by atoms with van der Waals surface area (Å²) in [4.78, 5) is 0.175. The third-order valence-electron chi connectivity index (χ3n) is 3.19. The average molecular weight is 352 g/mol. The van der Waals surface area contributed by atoms with Crippen LogP contribution in [0.25, 0.3) is 0 Å². The fraction of sp³-hybridized carbons (Fsp3) is 0.176. The number of ether oxygens (including phenoxy) is 1. The number of rotatable bonds is 6. The van der Waals surface area contributed by atoms with E-state index in [0.29, 0.717) is 16.5 Å². The second kappa shape index (κ2) is 7.06. The molecule has 0 amide bonds. The third kappa shape index (κ3) is 4.27. The first-order chi connectivity index (χ1) is 10.8. The van der Waals surface area contributed by atoms with Crippen LogP contribution in [0.1, 0.15) is 11.1 Å². The summed E-state index contributed by atoms with van der Waals surface area (Å²) in [5.41, 5.74) is 2.07. The van der Waals surface area contributed by atoms with Crippen LogP contribution in [0, 0.1) is 13.8 Å². The lowest BCUT2D eigenvalue weighted by molar-refractivity contribution is 0.365. The molecule has 2 rings (SSSR count). The lowest BCUT2D eigenvalue weighted by atomic mass is 10.2. The molecule has 122 valence electrons. The van der Waals surface area contributed by atoms with E-state index in [9.17, 15) is 8.42 Å². The number of anilines is 1. The van der Waals surface area contributed by atoms with Crippen LogP contribution in [-0.4, -0.2) is 15.0 Å². The number of sulfonamides is 1. The van der Waals surface area contributed by atoms with Crippen molar-refractivity contribution >= 4 is 27.3 Å². The zero-order valence-electron chi connectivity index (χ0n) is 13.0. The average Bonchev–Trinajstić information content (AvgIpc) is 2.49. The normalized spacial score (nSPS) is 11.1. The summed E-state index contributed by atoms with van der Waals surface area (Å²) in [7, 11) is -3.72. The second-order valence-electron chi connectivity index (χ2n) is 5.12. The second-order valence-corrected chi connectivity index (χ2v) is 7.21. The summed E-state index contributed by atoms with van der Waals surface area (Å²) >= 11 is 6.10. The summed E-state index contributed by atoms with van der Waals surface area (Å²) in [6.07, 6.45) is 1.59. The quantitative estimate of drug-likeness (QED) is 0.788. The molecule has 0 spiro atoms. The van der Waals surface area contributed by atoms with Gasteiger partial charge in [-0.2, -0.15) is 0 Å². The fourth-order valence-corrected chi connectivity index (χ4v) is 3.15. The van der Waals surface area contributed by atoms with Crippen LogP contribution in [0.2, 0.25) is 5.02 Å². The van der Waals surface area contributed by atoms with Gasteiger partial charge in [-0.15, -0.1) is 0 Å². The van der Waals surface area contributed by atoms with E-state index in [1.54, 1.807) is 42.5 Å². The van der Waals surface area contributed by atoms with Gasteiger partial charge in [0.15, 0.2) is 0 Å². The molecule has 0 atom stereocenters. The first kappa shape index (κ1) is 17.4. The van der Waals surface area contributed by atoms with E-state index in [0.717, 1.165) is 11.1 Å². The van der Waals surface area contributed by atoms with E-state index in [1.165, 1.54) is 0 Å². The lowest BCUT2D eigenvalue weighted by Gasteiger charge is -2.15. The van der Waals surface area contributed by atoms with Gasteiger partial charge in [-0.1, -0.05) is 42.0 Å². The molecule has 0 unspecified atom stereocenters. The van der Waals surface area contributed by atoms with E-state index in [-0.39, 0.29) is 11.5 Å². The Hall–Kier alpha value is -1.98. The molecule has 1 N–H and O–H groups in total. The molecule has 2 aromatic rings. The molecule has 4 nitrogen and oxygen atoms in total. The van der Waals surface area contributed by atoms with Crippen LogP contribution in [-0.2, 0) is 10.0 Å². The molecule has 0 saturated carbocycles. The Labute approximate surface area is 141 Å². The first-order valence-corrected chi connectivity index (χ1v) is 8.83. The van der Waals surface area contributed by atoms with Crippen LogP contribution >= 0.6 is 11.6 Å². The molecule has 0 aliphatic rings. The van der Waals surface area contributed by atoms with Gasteiger partial charge in [-0.25, -0.2) is 8.42 Å². The molecule has 0 aromatic heterocycles. The zero-order chi connectivity index (χ0) is 17.0.